The maximum atomic E-state index is 13.5. The number of nitrogens with one attached hydrogen (secondary N) is 1. The van der Waals surface area contributed by atoms with Crippen LogP contribution in [0.2, 0.25) is 0 Å². The minimum Gasteiger partial charge on any atom is -0.467 e. The Morgan fingerprint density at radius 1 is 1.40 bits per heavy atom. The Bertz CT molecular complexity index is 1250. The largest absolute Gasteiger partial charge is 0.467 e. The van der Waals surface area contributed by atoms with E-state index in [1.165, 1.54) is 16.6 Å². The van der Waals surface area contributed by atoms with E-state index >= 15 is 0 Å². The van der Waals surface area contributed by atoms with Gasteiger partial charge < -0.3 is 9.40 Å². The fourth-order valence-corrected chi connectivity index (χ4v) is 6.23. The molecule has 6 nitrogen and oxygen atoms in total. The number of hydrogen-bond donors (Lipinski definition) is 1. The zero-order valence-electron chi connectivity index (χ0n) is 16.5. The zero-order chi connectivity index (χ0) is 20.7. The molecule has 30 heavy (non-hydrogen) atoms. The second-order valence-corrected chi connectivity index (χ2v) is 9.72. The van der Waals surface area contributed by atoms with Crippen molar-refractivity contribution in [3.05, 3.63) is 69.0 Å². The van der Waals surface area contributed by atoms with E-state index in [1.807, 2.05) is 12.1 Å². The lowest BCUT2D eigenvalue weighted by molar-refractivity contribution is 0.101. The number of fused-ring (bicyclic) bond motifs is 3. The van der Waals surface area contributed by atoms with E-state index in [1.54, 1.807) is 40.5 Å². The average Bonchev–Trinajstić information content (AvgIpc) is 3.49. The highest BCUT2D eigenvalue weighted by Gasteiger charge is 2.25. The molecule has 0 fully saturated rings. The van der Waals surface area contributed by atoms with E-state index in [2.05, 4.69) is 11.9 Å². The van der Waals surface area contributed by atoms with E-state index in [9.17, 15) is 9.59 Å². The molecule has 4 aromatic heterocycles. The van der Waals surface area contributed by atoms with Gasteiger partial charge in [-0.05, 0) is 55.0 Å². The van der Waals surface area contributed by atoms with Crippen LogP contribution < -0.4 is 5.56 Å². The maximum Gasteiger partial charge on any atom is 0.263 e. The van der Waals surface area contributed by atoms with Gasteiger partial charge in [-0.3, -0.25) is 14.2 Å². The first-order chi connectivity index (χ1) is 14.6. The van der Waals surface area contributed by atoms with Gasteiger partial charge in [0.2, 0.25) is 0 Å². The van der Waals surface area contributed by atoms with Gasteiger partial charge in [-0.1, -0.05) is 18.7 Å². The molecule has 0 radical (unpaired) electrons. The molecule has 0 spiro atoms. The molecule has 5 rings (SSSR count). The minimum absolute atomic E-state index is 0.0248. The predicted octanol–water partition coefficient (Wildman–Crippen LogP) is 4.53. The van der Waals surface area contributed by atoms with Gasteiger partial charge in [0.1, 0.15) is 10.6 Å². The summed E-state index contributed by atoms with van der Waals surface area (Å²) in [6.45, 7) is 2.55. The summed E-state index contributed by atoms with van der Waals surface area (Å²) in [4.78, 5) is 35.9. The first-order valence-electron chi connectivity index (χ1n) is 9.97. The number of nitrogens with zero attached hydrogens (tertiary/aromatic N) is 2. The quantitative estimate of drug-likeness (QED) is 0.271. The van der Waals surface area contributed by atoms with Crippen LogP contribution in [0.3, 0.4) is 0 Å². The van der Waals surface area contributed by atoms with Gasteiger partial charge >= 0.3 is 0 Å². The van der Waals surface area contributed by atoms with E-state index < -0.39 is 0 Å². The molecule has 1 atom stereocenters. The third-order valence-corrected chi connectivity index (χ3v) is 7.63. The second kappa shape index (κ2) is 7.92. The van der Waals surface area contributed by atoms with Crippen molar-refractivity contribution in [2.45, 2.75) is 37.9 Å². The highest BCUT2D eigenvalue weighted by Crippen LogP contribution is 2.36. The molecule has 4 aromatic rings. The van der Waals surface area contributed by atoms with Gasteiger partial charge in [-0.2, -0.15) is 0 Å². The molecular formula is C22H21N3O3S2. The number of aryl methyl sites for hydroxylation is 1. The van der Waals surface area contributed by atoms with Crippen LogP contribution in [0.15, 0.2) is 51.1 Å². The molecule has 1 unspecified atom stereocenters. The number of Topliss-reactive ketones (excluding diaryl/α,β-unsaturated/α-hetero) is 1. The Labute approximate surface area is 181 Å². The summed E-state index contributed by atoms with van der Waals surface area (Å²) in [5.74, 6) is 1.50. The van der Waals surface area contributed by atoms with Crippen molar-refractivity contribution < 1.29 is 9.21 Å². The van der Waals surface area contributed by atoms with Gasteiger partial charge in [0.25, 0.3) is 5.56 Å². The minimum atomic E-state index is -0.0433. The Hall–Kier alpha value is -2.58. The lowest BCUT2D eigenvalue weighted by Gasteiger charge is -2.17. The topological polar surface area (TPSA) is 80.9 Å². The summed E-state index contributed by atoms with van der Waals surface area (Å²) in [5.41, 5.74) is 1.68. The molecule has 154 valence electrons. The van der Waals surface area contributed by atoms with Gasteiger partial charge in [0, 0.05) is 11.1 Å². The molecule has 0 saturated carbocycles. The number of carbonyl (C=O) groups is 1. The number of aromatic nitrogens is 3. The molecule has 0 amide bonds. The van der Waals surface area contributed by atoms with Crippen LogP contribution in [-0.2, 0) is 19.4 Å². The predicted molar refractivity (Wildman–Crippen MR) is 119 cm³/mol. The van der Waals surface area contributed by atoms with Gasteiger partial charge in [-0.15, -0.1) is 11.3 Å². The smallest absolute Gasteiger partial charge is 0.263 e. The van der Waals surface area contributed by atoms with Crippen molar-refractivity contribution >= 4 is 39.1 Å². The third-order valence-electron chi connectivity index (χ3n) is 5.50. The van der Waals surface area contributed by atoms with Crippen molar-refractivity contribution in [2.24, 2.45) is 5.92 Å². The number of thiophene rings is 1. The van der Waals surface area contributed by atoms with Crippen LogP contribution >= 0.6 is 23.1 Å². The van der Waals surface area contributed by atoms with Gasteiger partial charge in [0.15, 0.2) is 10.9 Å². The van der Waals surface area contributed by atoms with E-state index in [0.29, 0.717) is 29.1 Å². The highest BCUT2D eigenvalue weighted by molar-refractivity contribution is 7.99. The van der Waals surface area contributed by atoms with Crippen LogP contribution in [0.25, 0.3) is 10.2 Å². The molecule has 0 aliphatic heterocycles. The molecule has 1 N–H and O–H groups in total. The Morgan fingerprint density at radius 2 is 2.30 bits per heavy atom. The normalized spacial score (nSPS) is 16.1. The van der Waals surface area contributed by atoms with Crippen molar-refractivity contribution in [2.75, 3.05) is 5.75 Å². The van der Waals surface area contributed by atoms with Crippen LogP contribution in [0.5, 0.6) is 0 Å². The fraction of sp³-hybridized carbons (Fsp3) is 0.318. The summed E-state index contributed by atoms with van der Waals surface area (Å²) in [6.07, 6.45) is 6.35. The third kappa shape index (κ3) is 3.54. The van der Waals surface area contributed by atoms with Crippen LogP contribution in [0, 0.1) is 5.92 Å². The Morgan fingerprint density at radius 3 is 3.07 bits per heavy atom. The van der Waals surface area contributed by atoms with Crippen LogP contribution in [-0.4, -0.2) is 26.1 Å². The zero-order valence-corrected chi connectivity index (χ0v) is 18.1. The number of thioether (sulfide) groups is 1. The first kappa shape index (κ1) is 19.4. The van der Waals surface area contributed by atoms with Crippen molar-refractivity contribution in [1.29, 1.82) is 0 Å². The van der Waals surface area contributed by atoms with Crippen LogP contribution in [0.1, 0.15) is 40.0 Å². The lowest BCUT2D eigenvalue weighted by atomic mass is 9.89. The summed E-state index contributed by atoms with van der Waals surface area (Å²) >= 11 is 2.93. The molecule has 0 aromatic carbocycles. The van der Waals surface area contributed by atoms with E-state index in [0.717, 1.165) is 35.0 Å². The summed E-state index contributed by atoms with van der Waals surface area (Å²) in [5, 5.41) is 1.30. The highest BCUT2D eigenvalue weighted by atomic mass is 32.2. The molecule has 1 aliphatic carbocycles. The van der Waals surface area contributed by atoms with Crippen molar-refractivity contribution in [3.63, 3.8) is 0 Å². The van der Waals surface area contributed by atoms with E-state index in [-0.39, 0.29) is 17.1 Å². The molecule has 8 heteroatoms. The summed E-state index contributed by atoms with van der Waals surface area (Å²) < 4.78 is 7.14. The molecule has 0 bridgehead atoms. The SMILES string of the molecule is CC1CCc2c(sc3nc(SCC(=O)c4ccc[nH]4)n(Cc4ccco4)c(=O)c23)C1. The first-order valence-corrected chi connectivity index (χ1v) is 11.8. The monoisotopic (exact) mass is 439 g/mol. The Balaban J connectivity index is 1.57. The number of aromatic amines is 1. The average molecular weight is 440 g/mol. The van der Waals surface area contributed by atoms with Gasteiger partial charge in [0.05, 0.1) is 29.6 Å². The lowest BCUT2D eigenvalue weighted by Crippen LogP contribution is -2.25. The number of rotatable bonds is 6. The van der Waals surface area contributed by atoms with Crippen LogP contribution in [0.4, 0.5) is 0 Å². The molecule has 1 aliphatic rings. The number of hydrogen-bond acceptors (Lipinski definition) is 6. The van der Waals surface area contributed by atoms with Gasteiger partial charge in [-0.25, -0.2) is 4.98 Å². The number of H-pyrrole nitrogens is 1. The molecule has 0 saturated heterocycles. The maximum absolute atomic E-state index is 13.5. The molecule has 4 heterocycles. The van der Waals surface area contributed by atoms with E-state index in [4.69, 9.17) is 9.40 Å². The van der Waals surface area contributed by atoms with Crippen molar-refractivity contribution in [3.8, 4) is 0 Å². The number of furan rings is 1. The summed E-state index contributed by atoms with van der Waals surface area (Å²) in [7, 11) is 0. The second-order valence-electron chi connectivity index (χ2n) is 7.69. The fourth-order valence-electron chi connectivity index (χ4n) is 3.92. The summed E-state index contributed by atoms with van der Waals surface area (Å²) in [6, 6.07) is 7.21. The van der Waals surface area contributed by atoms with Crippen molar-refractivity contribution in [1.82, 2.24) is 14.5 Å². The standard InChI is InChI=1S/C22H21N3O3S2/c1-13-6-7-15-18(10-13)30-20-19(15)21(27)25(11-14-4-3-9-28-14)22(24-20)29-12-17(26)16-5-2-8-23-16/h2-5,8-9,13,23H,6-7,10-12H2,1H3. The number of ketones is 1. The molecular weight excluding hydrogens is 418 g/mol. The number of carbonyl (C=O) groups excluding carboxylic acids is 1. The Kier molecular flexibility index (Phi) is 5.12.